The number of carbonyl (C=O) groups is 2. The van der Waals surface area contributed by atoms with Gasteiger partial charge in [-0.25, -0.2) is 4.39 Å². The maximum absolute atomic E-state index is 13.2. The van der Waals surface area contributed by atoms with Gasteiger partial charge in [-0.2, -0.15) is 0 Å². The second kappa shape index (κ2) is 8.39. The van der Waals surface area contributed by atoms with Crippen molar-refractivity contribution in [2.45, 2.75) is 33.8 Å². The van der Waals surface area contributed by atoms with Gasteiger partial charge in [0, 0.05) is 11.4 Å². The Labute approximate surface area is 162 Å². The zero-order chi connectivity index (χ0) is 20.2. The Bertz CT molecular complexity index is 836. The van der Waals surface area contributed by atoms with Crippen molar-refractivity contribution in [1.82, 2.24) is 0 Å². The normalized spacial score (nSPS) is 11.2. The SMILES string of the molecule is CC(C)Oc1ccc(NC(=O)C(C)(C)C(=O)Nc2ccc(F)c(Cl)c2)cc1. The number of carbonyl (C=O) groups excluding carboxylic acids is 2. The van der Waals surface area contributed by atoms with Crippen LogP contribution in [0.25, 0.3) is 0 Å². The van der Waals surface area contributed by atoms with Crippen molar-refractivity contribution in [3.8, 4) is 5.75 Å². The molecule has 0 aliphatic rings. The molecule has 2 aromatic rings. The Morgan fingerprint density at radius 3 is 2.04 bits per heavy atom. The largest absolute Gasteiger partial charge is 0.491 e. The summed E-state index contributed by atoms with van der Waals surface area (Å²) in [5.74, 6) is -0.919. The van der Waals surface area contributed by atoms with Gasteiger partial charge in [-0.15, -0.1) is 0 Å². The van der Waals surface area contributed by atoms with Gasteiger partial charge in [-0.05, 0) is 70.2 Å². The first-order valence-electron chi connectivity index (χ1n) is 8.44. The van der Waals surface area contributed by atoms with E-state index < -0.39 is 23.0 Å². The second-order valence-corrected chi connectivity index (χ2v) is 7.26. The van der Waals surface area contributed by atoms with E-state index in [1.807, 2.05) is 13.8 Å². The molecule has 2 amide bonds. The summed E-state index contributed by atoms with van der Waals surface area (Å²) in [6.07, 6.45) is 0.0491. The molecule has 0 spiro atoms. The van der Waals surface area contributed by atoms with Crippen LogP contribution in [0.2, 0.25) is 5.02 Å². The first-order valence-corrected chi connectivity index (χ1v) is 8.82. The van der Waals surface area contributed by atoms with Gasteiger partial charge in [0.25, 0.3) is 0 Å². The smallest absolute Gasteiger partial charge is 0.239 e. The maximum Gasteiger partial charge on any atom is 0.239 e. The number of hydrogen-bond acceptors (Lipinski definition) is 3. The quantitative estimate of drug-likeness (QED) is 0.689. The molecule has 144 valence electrons. The van der Waals surface area contributed by atoms with Gasteiger partial charge < -0.3 is 15.4 Å². The summed E-state index contributed by atoms with van der Waals surface area (Å²) in [5.41, 5.74) is -0.516. The van der Waals surface area contributed by atoms with E-state index in [1.165, 1.54) is 26.0 Å². The Hall–Kier alpha value is -2.60. The predicted molar refractivity (Wildman–Crippen MR) is 105 cm³/mol. The molecule has 0 atom stereocenters. The molecule has 0 fully saturated rings. The van der Waals surface area contributed by atoms with Gasteiger partial charge in [0.15, 0.2) is 0 Å². The second-order valence-electron chi connectivity index (χ2n) is 6.85. The van der Waals surface area contributed by atoms with E-state index in [1.54, 1.807) is 24.3 Å². The third-order valence-corrected chi connectivity index (χ3v) is 4.09. The van der Waals surface area contributed by atoms with Crippen molar-refractivity contribution in [1.29, 1.82) is 0 Å². The number of rotatable bonds is 6. The van der Waals surface area contributed by atoms with E-state index in [4.69, 9.17) is 16.3 Å². The highest BCUT2D eigenvalue weighted by Gasteiger charge is 2.36. The molecule has 0 radical (unpaired) electrons. The van der Waals surface area contributed by atoms with Crippen LogP contribution in [-0.2, 0) is 9.59 Å². The number of ether oxygens (including phenoxy) is 1. The molecule has 0 aromatic heterocycles. The van der Waals surface area contributed by atoms with Crippen LogP contribution in [0.4, 0.5) is 15.8 Å². The van der Waals surface area contributed by atoms with Crippen LogP contribution in [0, 0.1) is 11.2 Å². The summed E-state index contributed by atoms with van der Waals surface area (Å²) in [6.45, 7) is 6.84. The zero-order valence-corrected chi connectivity index (χ0v) is 16.4. The fraction of sp³-hybridized carbons (Fsp3) is 0.300. The standard InChI is InChI=1S/C20H22ClFN2O3/c1-12(2)27-15-8-5-13(6-9-15)23-18(25)20(3,4)19(26)24-14-7-10-17(22)16(21)11-14/h5-12H,1-4H3,(H,23,25)(H,24,26). The fourth-order valence-corrected chi connectivity index (χ4v) is 2.32. The predicted octanol–water partition coefficient (Wildman–Crippen LogP) is 4.87. The average molecular weight is 393 g/mol. The van der Waals surface area contributed by atoms with Gasteiger partial charge in [0.05, 0.1) is 11.1 Å². The first kappa shape index (κ1) is 20.7. The third-order valence-electron chi connectivity index (χ3n) is 3.80. The molecule has 2 rings (SSSR count). The van der Waals surface area contributed by atoms with Crippen molar-refractivity contribution < 1.29 is 18.7 Å². The topological polar surface area (TPSA) is 67.4 Å². The molecule has 0 heterocycles. The minimum absolute atomic E-state index is 0.0491. The highest BCUT2D eigenvalue weighted by molar-refractivity contribution is 6.31. The van der Waals surface area contributed by atoms with Crippen LogP contribution >= 0.6 is 11.6 Å². The van der Waals surface area contributed by atoms with E-state index in [-0.39, 0.29) is 11.1 Å². The van der Waals surface area contributed by atoms with E-state index in [0.29, 0.717) is 17.1 Å². The van der Waals surface area contributed by atoms with Crippen molar-refractivity contribution in [3.63, 3.8) is 0 Å². The monoisotopic (exact) mass is 392 g/mol. The number of amides is 2. The van der Waals surface area contributed by atoms with Crippen LogP contribution in [0.1, 0.15) is 27.7 Å². The van der Waals surface area contributed by atoms with Gasteiger partial charge >= 0.3 is 0 Å². The van der Waals surface area contributed by atoms with Crippen molar-refractivity contribution >= 4 is 34.8 Å². The molecule has 0 unspecified atom stereocenters. The summed E-state index contributed by atoms with van der Waals surface area (Å²) < 4.78 is 18.8. The van der Waals surface area contributed by atoms with Gasteiger partial charge in [0.2, 0.25) is 11.8 Å². The molecule has 0 aliphatic carbocycles. The van der Waals surface area contributed by atoms with Crippen LogP contribution in [0.5, 0.6) is 5.75 Å². The van der Waals surface area contributed by atoms with Crippen LogP contribution in [0.15, 0.2) is 42.5 Å². The Balaban J connectivity index is 2.04. The number of benzene rings is 2. The molecule has 0 saturated heterocycles. The van der Waals surface area contributed by atoms with Crippen LogP contribution in [-0.4, -0.2) is 17.9 Å². The molecule has 2 aromatic carbocycles. The lowest BCUT2D eigenvalue weighted by Crippen LogP contribution is -2.41. The lowest BCUT2D eigenvalue weighted by Gasteiger charge is -2.23. The van der Waals surface area contributed by atoms with Crippen molar-refractivity contribution in [2.24, 2.45) is 5.41 Å². The molecule has 5 nitrogen and oxygen atoms in total. The van der Waals surface area contributed by atoms with Crippen molar-refractivity contribution in [3.05, 3.63) is 53.3 Å². The van der Waals surface area contributed by atoms with Crippen LogP contribution < -0.4 is 15.4 Å². The van der Waals surface area contributed by atoms with E-state index in [0.717, 1.165) is 6.07 Å². The highest BCUT2D eigenvalue weighted by atomic mass is 35.5. The molecule has 7 heteroatoms. The fourth-order valence-electron chi connectivity index (χ4n) is 2.14. The number of hydrogen-bond donors (Lipinski definition) is 2. The number of anilines is 2. The third kappa shape index (κ3) is 5.44. The molecule has 0 aliphatic heterocycles. The average Bonchev–Trinajstić information content (AvgIpc) is 2.59. The summed E-state index contributed by atoms with van der Waals surface area (Å²) in [7, 11) is 0. The first-order chi connectivity index (χ1) is 12.6. The summed E-state index contributed by atoms with van der Waals surface area (Å²) in [5, 5.41) is 5.17. The summed E-state index contributed by atoms with van der Waals surface area (Å²) in [6, 6.07) is 10.7. The maximum atomic E-state index is 13.2. The lowest BCUT2D eigenvalue weighted by atomic mass is 9.90. The highest BCUT2D eigenvalue weighted by Crippen LogP contribution is 2.25. The number of halogens is 2. The lowest BCUT2D eigenvalue weighted by molar-refractivity contribution is -0.135. The minimum Gasteiger partial charge on any atom is -0.491 e. The molecule has 0 bridgehead atoms. The van der Waals surface area contributed by atoms with Crippen molar-refractivity contribution in [2.75, 3.05) is 10.6 Å². The van der Waals surface area contributed by atoms with Gasteiger partial charge in [0.1, 0.15) is 17.0 Å². The molecular weight excluding hydrogens is 371 g/mol. The van der Waals surface area contributed by atoms with Gasteiger partial charge in [-0.1, -0.05) is 11.6 Å². The van der Waals surface area contributed by atoms with E-state index >= 15 is 0 Å². The van der Waals surface area contributed by atoms with Gasteiger partial charge in [-0.3, -0.25) is 9.59 Å². The summed E-state index contributed by atoms with van der Waals surface area (Å²) in [4.78, 5) is 25.1. The van der Waals surface area contributed by atoms with E-state index in [2.05, 4.69) is 10.6 Å². The molecule has 2 N–H and O–H groups in total. The zero-order valence-electron chi connectivity index (χ0n) is 15.6. The minimum atomic E-state index is -1.37. The molecular formula is C20H22ClFN2O3. The van der Waals surface area contributed by atoms with Crippen LogP contribution in [0.3, 0.4) is 0 Å². The Kier molecular flexibility index (Phi) is 6.44. The number of nitrogens with one attached hydrogen (secondary N) is 2. The molecule has 0 saturated carbocycles. The summed E-state index contributed by atoms with van der Waals surface area (Å²) >= 11 is 5.71. The molecule has 27 heavy (non-hydrogen) atoms. The Morgan fingerprint density at radius 2 is 1.52 bits per heavy atom. The van der Waals surface area contributed by atoms with E-state index in [9.17, 15) is 14.0 Å². The Morgan fingerprint density at radius 1 is 1.00 bits per heavy atom.